The fourth-order valence-electron chi connectivity index (χ4n) is 2.34. The zero-order valence-corrected chi connectivity index (χ0v) is 12.6. The molecule has 0 aliphatic carbocycles. The minimum atomic E-state index is 0.154. The Hall–Kier alpha value is -1.80. The molecule has 0 aromatic heterocycles. The van der Waals surface area contributed by atoms with Crippen molar-refractivity contribution < 1.29 is 0 Å². The normalized spacial score (nSPS) is 12.2. The molecule has 0 aliphatic rings. The average Bonchev–Trinajstić information content (AvgIpc) is 2.48. The fraction of sp³-hybridized carbons (Fsp3) is 0.333. The van der Waals surface area contributed by atoms with E-state index in [4.69, 9.17) is 5.73 Å². The number of hydrogen-bond acceptors (Lipinski definition) is 2. The van der Waals surface area contributed by atoms with Crippen LogP contribution in [0.3, 0.4) is 0 Å². The number of hydrogen-bond donors (Lipinski definition) is 2. The van der Waals surface area contributed by atoms with E-state index in [0.29, 0.717) is 6.54 Å². The van der Waals surface area contributed by atoms with Crippen molar-refractivity contribution in [1.82, 2.24) is 0 Å². The molecule has 0 aliphatic heterocycles. The maximum Gasteiger partial charge on any atom is 0.0636 e. The predicted octanol–water partition coefficient (Wildman–Crippen LogP) is 3.98. The van der Waals surface area contributed by atoms with E-state index in [1.54, 1.807) is 0 Å². The van der Waals surface area contributed by atoms with E-state index in [1.807, 2.05) is 0 Å². The van der Waals surface area contributed by atoms with Gasteiger partial charge in [-0.3, -0.25) is 0 Å². The Bertz CT molecular complexity index is 558. The number of rotatable bonds is 5. The van der Waals surface area contributed by atoms with Gasteiger partial charge in [-0.25, -0.2) is 0 Å². The van der Waals surface area contributed by atoms with Crippen LogP contribution >= 0.6 is 0 Å². The van der Waals surface area contributed by atoms with Gasteiger partial charge in [0.25, 0.3) is 0 Å². The van der Waals surface area contributed by atoms with Gasteiger partial charge < -0.3 is 11.1 Å². The first-order valence-corrected chi connectivity index (χ1v) is 7.26. The first kappa shape index (κ1) is 14.6. The lowest BCUT2D eigenvalue weighted by Crippen LogP contribution is -2.21. The first-order valence-electron chi connectivity index (χ1n) is 7.26. The van der Waals surface area contributed by atoms with E-state index in [9.17, 15) is 0 Å². The highest BCUT2D eigenvalue weighted by molar-refractivity contribution is 5.54. The highest BCUT2D eigenvalue weighted by Crippen LogP contribution is 2.23. The van der Waals surface area contributed by atoms with Crippen LogP contribution in [-0.4, -0.2) is 6.54 Å². The molecule has 20 heavy (non-hydrogen) atoms. The highest BCUT2D eigenvalue weighted by atomic mass is 14.9. The maximum absolute atomic E-state index is 5.95. The second-order valence-corrected chi connectivity index (χ2v) is 5.35. The van der Waals surface area contributed by atoms with E-state index >= 15 is 0 Å². The average molecular weight is 268 g/mol. The number of aryl methyl sites for hydroxylation is 3. The molecule has 2 aromatic rings. The van der Waals surface area contributed by atoms with Crippen LogP contribution < -0.4 is 11.1 Å². The predicted molar refractivity (Wildman–Crippen MR) is 87.2 cm³/mol. The molecule has 0 saturated carbocycles. The van der Waals surface area contributed by atoms with E-state index in [1.165, 1.54) is 27.9 Å². The van der Waals surface area contributed by atoms with Crippen molar-refractivity contribution in [2.45, 2.75) is 33.2 Å². The van der Waals surface area contributed by atoms with Crippen molar-refractivity contribution in [2.24, 2.45) is 5.73 Å². The van der Waals surface area contributed by atoms with E-state index in [-0.39, 0.29) is 6.04 Å². The Labute approximate surface area is 122 Å². The molecule has 0 fully saturated rings. The van der Waals surface area contributed by atoms with Crippen molar-refractivity contribution in [3.63, 3.8) is 0 Å². The summed E-state index contributed by atoms with van der Waals surface area (Å²) in [6.07, 6.45) is 1.07. The number of benzene rings is 2. The van der Waals surface area contributed by atoms with Gasteiger partial charge in [0.05, 0.1) is 6.04 Å². The molecule has 0 radical (unpaired) electrons. The summed E-state index contributed by atoms with van der Waals surface area (Å²) in [5.74, 6) is 0. The number of nitrogens with two attached hydrogens (primary N) is 1. The summed E-state index contributed by atoms with van der Waals surface area (Å²) in [6.45, 7) is 6.98. The van der Waals surface area contributed by atoms with Gasteiger partial charge in [-0.05, 0) is 48.6 Å². The molecule has 0 saturated heterocycles. The molecule has 2 rings (SSSR count). The summed E-state index contributed by atoms with van der Waals surface area (Å²) in [5.41, 5.74) is 12.2. The minimum absolute atomic E-state index is 0.154. The van der Waals surface area contributed by atoms with Gasteiger partial charge >= 0.3 is 0 Å². The van der Waals surface area contributed by atoms with Crippen LogP contribution in [0.4, 0.5) is 5.69 Å². The SMILES string of the molecule is CCc1ccc(C(CN)Nc2cc(C)ccc2C)cc1. The lowest BCUT2D eigenvalue weighted by molar-refractivity contribution is 0.788. The molecule has 0 heterocycles. The van der Waals surface area contributed by atoms with Crippen molar-refractivity contribution >= 4 is 5.69 Å². The van der Waals surface area contributed by atoms with Crippen molar-refractivity contribution in [2.75, 3.05) is 11.9 Å². The van der Waals surface area contributed by atoms with Crippen LogP contribution in [0.1, 0.15) is 35.2 Å². The molecule has 1 atom stereocenters. The summed E-state index contributed by atoms with van der Waals surface area (Å²) in [6, 6.07) is 15.3. The van der Waals surface area contributed by atoms with Gasteiger partial charge in [-0.1, -0.05) is 43.3 Å². The fourth-order valence-corrected chi connectivity index (χ4v) is 2.34. The van der Waals surface area contributed by atoms with Crippen LogP contribution in [0.15, 0.2) is 42.5 Å². The molecule has 106 valence electrons. The van der Waals surface area contributed by atoms with Gasteiger partial charge in [-0.15, -0.1) is 0 Å². The number of anilines is 1. The molecule has 3 N–H and O–H groups in total. The second kappa shape index (κ2) is 6.58. The van der Waals surface area contributed by atoms with Crippen LogP contribution in [0, 0.1) is 13.8 Å². The Balaban J connectivity index is 2.21. The Morgan fingerprint density at radius 3 is 2.35 bits per heavy atom. The summed E-state index contributed by atoms with van der Waals surface area (Å²) >= 11 is 0. The molecule has 0 spiro atoms. The lowest BCUT2D eigenvalue weighted by atomic mass is 10.0. The molecule has 0 bridgehead atoms. The third-order valence-corrected chi connectivity index (χ3v) is 3.75. The third-order valence-electron chi connectivity index (χ3n) is 3.75. The van der Waals surface area contributed by atoms with Gasteiger partial charge in [0.1, 0.15) is 0 Å². The standard InChI is InChI=1S/C18H24N2/c1-4-15-7-9-16(10-8-15)18(12-19)20-17-11-13(2)5-6-14(17)3/h5-11,18,20H,4,12,19H2,1-3H3. The van der Waals surface area contributed by atoms with E-state index in [0.717, 1.165) is 6.42 Å². The maximum atomic E-state index is 5.95. The largest absolute Gasteiger partial charge is 0.377 e. The summed E-state index contributed by atoms with van der Waals surface area (Å²) in [4.78, 5) is 0. The van der Waals surface area contributed by atoms with Crippen LogP contribution in [-0.2, 0) is 6.42 Å². The molecular formula is C18H24N2. The zero-order valence-electron chi connectivity index (χ0n) is 12.6. The van der Waals surface area contributed by atoms with Crippen molar-refractivity contribution in [3.8, 4) is 0 Å². The van der Waals surface area contributed by atoms with Crippen molar-refractivity contribution in [3.05, 3.63) is 64.7 Å². The van der Waals surface area contributed by atoms with Crippen LogP contribution in [0.2, 0.25) is 0 Å². The second-order valence-electron chi connectivity index (χ2n) is 5.35. The molecule has 0 amide bonds. The van der Waals surface area contributed by atoms with Gasteiger partial charge in [0.2, 0.25) is 0 Å². The lowest BCUT2D eigenvalue weighted by Gasteiger charge is -2.20. The van der Waals surface area contributed by atoms with Crippen LogP contribution in [0.25, 0.3) is 0 Å². The summed E-state index contributed by atoms with van der Waals surface area (Å²) in [7, 11) is 0. The number of nitrogens with one attached hydrogen (secondary N) is 1. The molecule has 1 unspecified atom stereocenters. The Kier molecular flexibility index (Phi) is 4.80. The molecule has 2 heteroatoms. The van der Waals surface area contributed by atoms with Crippen LogP contribution in [0.5, 0.6) is 0 Å². The van der Waals surface area contributed by atoms with E-state index in [2.05, 4.69) is 68.6 Å². The minimum Gasteiger partial charge on any atom is -0.377 e. The Morgan fingerprint density at radius 1 is 1.05 bits per heavy atom. The summed E-state index contributed by atoms with van der Waals surface area (Å²) in [5, 5.41) is 3.57. The molecule has 2 aromatic carbocycles. The van der Waals surface area contributed by atoms with Gasteiger partial charge in [0, 0.05) is 12.2 Å². The first-order chi connectivity index (χ1) is 9.63. The quantitative estimate of drug-likeness (QED) is 0.861. The van der Waals surface area contributed by atoms with E-state index < -0.39 is 0 Å². The summed E-state index contributed by atoms with van der Waals surface area (Å²) < 4.78 is 0. The monoisotopic (exact) mass is 268 g/mol. The topological polar surface area (TPSA) is 38.0 Å². The molecular weight excluding hydrogens is 244 g/mol. The highest BCUT2D eigenvalue weighted by Gasteiger charge is 2.10. The zero-order chi connectivity index (χ0) is 14.5. The third kappa shape index (κ3) is 3.40. The van der Waals surface area contributed by atoms with Crippen molar-refractivity contribution in [1.29, 1.82) is 0 Å². The Morgan fingerprint density at radius 2 is 1.75 bits per heavy atom. The smallest absolute Gasteiger partial charge is 0.0636 e. The van der Waals surface area contributed by atoms with Gasteiger partial charge in [-0.2, -0.15) is 0 Å². The van der Waals surface area contributed by atoms with Gasteiger partial charge in [0.15, 0.2) is 0 Å². The molecule has 2 nitrogen and oxygen atoms in total.